The van der Waals surface area contributed by atoms with Crippen LogP contribution in [0.2, 0.25) is 0 Å². The van der Waals surface area contributed by atoms with Crippen LogP contribution in [0.15, 0.2) is 83.4 Å². The first-order valence-electron chi connectivity index (χ1n) is 22.2. The number of Topliss-reactive ketones (excluding diaryl/α,β-unsaturated/α-hetero) is 4. The topological polar surface area (TPSA) is 182 Å². The predicted octanol–water partition coefficient (Wildman–Crippen LogP) is 11.1. The van der Waals surface area contributed by atoms with Crippen molar-refractivity contribution in [2.45, 2.75) is 75.4 Å². The number of nitriles is 4. The maximum Gasteiger partial charge on any atom is 0.197 e. The Bertz CT molecular complexity index is 3080. The van der Waals surface area contributed by atoms with Gasteiger partial charge in [-0.3, -0.25) is 19.2 Å². The lowest BCUT2D eigenvalue weighted by Crippen LogP contribution is -2.37. The van der Waals surface area contributed by atoms with Crippen LogP contribution in [0.5, 0.6) is 0 Å². The van der Waals surface area contributed by atoms with E-state index in [9.17, 15) is 40.2 Å². The van der Waals surface area contributed by atoms with Crippen LogP contribution in [0.4, 0.5) is 0 Å². The molecule has 318 valence electrons. The van der Waals surface area contributed by atoms with E-state index >= 15 is 0 Å². The van der Waals surface area contributed by atoms with Crippen LogP contribution in [0.3, 0.4) is 0 Å². The summed E-state index contributed by atoms with van der Waals surface area (Å²) in [6.45, 7) is 0. The lowest BCUT2D eigenvalue weighted by atomic mass is 9.72. The Labute approximate surface area is 387 Å². The first-order chi connectivity index (χ1) is 32.1. The van der Waals surface area contributed by atoms with E-state index in [-0.39, 0.29) is 67.5 Å². The molecular formula is C54H34N4O6S2. The number of allylic oxidation sites excluding steroid dienone is 8. The number of carbonyl (C=O) groups is 4. The Morgan fingerprint density at radius 3 is 1.14 bits per heavy atom. The molecule has 2 aromatic carbocycles. The minimum absolute atomic E-state index is 0.0117. The molecule has 66 heavy (non-hydrogen) atoms. The van der Waals surface area contributed by atoms with E-state index in [1.807, 2.05) is 24.3 Å². The summed E-state index contributed by atoms with van der Waals surface area (Å²) in [5.41, 5.74) is 3.75. The fraction of sp³-hybridized carbons (Fsp3) is 0.259. The molecule has 0 bridgehead atoms. The maximum absolute atomic E-state index is 13.7. The van der Waals surface area contributed by atoms with E-state index in [2.05, 4.69) is 36.4 Å². The van der Waals surface area contributed by atoms with Crippen LogP contribution in [-0.2, 0) is 20.7 Å². The van der Waals surface area contributed by atoms with Gasteiger partial charge in [-0.2, -0.15) is 21.0 Å². The first-order valence-corrected chi connectivity index (χ1v) is 23.8. The molecule has 2 unspecified atom stereocenters. The molecule has 8 aliphatic rings. The van der Waals surface area contributed by atoms with Gasteiger partial charge in [0.2, 0.25) is 0 Å². The first kappa shape index (κ1) is 40.1. The van der Waals surface area contributed by atoms with Gasteiger partial charge in [-0.25, -0.2) is 0 Å². The summed E-state index contributed by atoms with van der Waals surface area (Å²) in [7, 11) is 0. The van der Waals surface area contributed by atoms with Crippen molar-refractivity contribution in [3.8, 4) is 24.3 Å². The molecule has 0 N–H and O–H groups in total. The minimum Gasteiger partial charge on any atom is -0.482 e. The predicted molar refractivity (Wildman–Crippen MR) is 244 cm³/mol. The van der Waals surface area contributed by atoms with Crippen molar-refractivity contribution in [3.05, 3.63) is 159 Å². The highest BCUT2D eigenvalue weighted by atomic mass is 32.1. The SMILES string of the molecule is N#Cc1cc2c(cc1C#N)C(=O)C(=Cc1cc3c(s1)C1=CC4C=C5OC6(CCCCC6)c6cc(C=C7C(=O)c8cc(C#N)c(C#N)cc8C7=O)sc6C5=CC4C=C1OC31CCCCC1)C2=O. The molecule has 0 amide bonds. The summed E-state index contributed by atoms with van der Waals surface area (Å²) in [6.07, 6.45) is 21.8. The monoisotopic (exact) mass is 898 g/mol. The molecule has 6 aliphatic carbocycles. The standard InChI is InChI=1S/C54H34N4O6S2/c55-23-29-13-35-36(14-30(29)24-56)48(60)41(47(35)59)19-33-21-43-51(65-33)39-11-28-18-46-40(12-27(28)17-45(39)63-53(43)7-3-1-4-8-53)52-44(54(64-46)9-5-2-6-10-54)22-34(66-52)20-42-49(61)37-15-31(25-57)32(26-58)16-38(37)50(42)62/h11-22,27-28H,1-10H2. The molecule has 2 atom stereocenters. The number of nitrogens with zero attached hydrogens (tertiary/aromatic N) is 4. The zero-order chi connectivity index (χ0) is 45.2. The minimum atomic E-state index is -0.568. The van der Waals surface area contributed by atoms with Crippen molar-refractivity contribution >= 4 is 69.1 Å². The fourth-order valence-corrected chi connectivity index (χ4v) is 13.8. The number of carbonyl (C=O) groups excluding carboxylic acids is 4. The summed E-state index contributed by atoms with van der Waals surface area (Å²) in [5.74, 6) is -0.343. The highest BCUT2D eigenvalue weighted by molar-refractivity contribution is 7.14. The van der Waals surface area contributed by atoms with E-state index < -0.39 is 34.3 Å². The van der Waals surface area contributed by atoms with Gasteiger partial charge in [-0.15, -0.1) is 22.7 Å². The Balaban J connectivity index is 0.925. The van der Waals surface area contributed by atoms with Crippen molar-refractivity contribution in [1.82, 2.24) is 0 Å². The van der Waals surface area contributed by atoms with Gasteiger partial charge >= 0.3 is 0 Å². The van der Waals surface area contributed by atoms with Gasteiger partial charge in [-0.05, 0) is 112 Å². The summed E-state index contributed by atoms with van der Waals surface area (Å²) < 4.78 is 14.3. The third-order valence-corrected chi connectivity index (χ3v) is 16.8. The van der Waals surface area contributed by atoms with Crippen molar-refractivity contribution in [2.75, 3.05) is 0 Å². The van der Waals surface area contributed by atoms with Crippen LogP contribution in [0, 0.1) is 57.2 Å². The molecule has 0 saturated heterocycles. The summed E-state index contributed by atoms with van der Waals surface area (Å²) in [4.78, 5) is 58.4. The van der Waals surface area contributed by atoms with Crippen molar-refractivity contribution in [2.24, 2.45) is 11.8 Å². The van der Waals surface area contributed by atoms with Gasteiger partial charge in [0, 0.05) is 75.9 Å². The number of ketones is 4. The zero-order valence-electron chi connectivity index (χ0n) is 35.2. The van der Waals surface area contributed by atoms with Gasteiger partial charge in [0.05, 0.1) is 33.4 Å². The van der Waals surface area contributed by atoms with Gasteiger partial charge in [0.1, 0.15) is 47.0 Å². The number of hydrogen-bond acceptors (Lipinski definition) is 12. The maximum atomic E-state index is 13.7. The number of rotatable bonds is 2. The summed E-state index contributed by atoms with van der Waals surface area (Å²) >= 11 is 3.07. The second kappa shape index (κ2) is 14.5. The molecule has 4 aromatic rings. The molecule has 2 saturated carbocycles. The molecule has 4 heterocycles. The van der Waals surface area contributed by atoms with E-state index in [1.165, 1.54) is 46.9 Å². The van der Waals surface area contributed by atoms with E-state index in [0.717, 1.165) is 118 Å². The molecule has 0 radical (unpaired) electrons. The number of ether oxygens (including phenoxy) is 2. The highest BCUT2D eigenvalue weighted by Crippen LogP contribution is 2.59. The second-order valence-electron chi connectivity index (χ2n) is 18.2. The highest BCUT2D eigenvalue weighted by Gasteiger charge is 2.49. The van der Waals surface area contributed by atoms with Crippen LogP contribution in [-0.4, -0.2) is 23.1 Å². The van der Waals surface area contributed by atoms with Crippen molar-refractivity contribution < 1.29 is 28.7 Å². The quantitative estimate of drug-likeness (QED) is 0.139. The molecule has 2 aromatic heterocycles. The normalized spacial score (nSPS) is 22.2. The fourth-order valence-electron chi connectivity index (χ4n) is 11.4. The van der Waals surface area contributed by atoms with Crippen LogP contribution >= 0.6 is 22.7 Å². The smallest absolute Gasteiger partial charge is 0.197 e. The lowest BCUT2D eigenvalue weighted by molar-refractivity contribution is -0.0339. The second-order valence-corrected chi connectivity index (χ2v) is 20.4. The largest absolute Gasteiger partial charge is 0.482 e. The van der Waals surface area contributed by atoms with E-state index in [0.29, 0.717) is 0 Å². The number of hydrogen-bond donors (Lipinski definition) is 0. The number of thiophene rings is 2. The lowest BCUT2D eigenvalue weighted by Gasteiger charge is -2.46. The average Bonchev–Trinajstić information content (AvgIpc) is 4.09. The van der Waals surface area contributed by atoms with Crippen LogP contribution in [0.1, 0.15) is 159 Å². The molecule has 12 rings (SSSR count). The Kier molecular flexibility index (Phi) is 8.81. The summed E-state index contributed by atoms with van der Waals surface area (Å²) in [5, 5.41) is 38.4. The van der Waals surface area contributed by atoms with Gasteiger partial charge < -0.3 is 9.47 Å². The van der Waals surface area contributed by atoms with Crippen LogP contribution in [0.25, 0.3) is 23.3 Å². The van der Waals surface area contributed by atoms with E-state index in [4.69, 9.17) is 9.47 Å². The molecule has 2 fully saturated rings. The summed E-state index contributed by atoms with van der Waals surface area (Å²) in [6, 6.07) is 17.4. The van der Waals surface area contributed by atoms with Crippen LogP contribution < -0.4 is 0 Å². The molecule has 10 nitrogen and oxygen atoms in total. The third kappa shape index (κ3) is 5.72. The molecular weight excluding hydrogens is 865 g/mol. The van der Waals surface area contributed by atoms with Crippen molar-refractivity contribution in [3.63, 3.8) is 0 Å². The molecule has 2 aliphatic heterocycles. The van der Waals surface area contributed by atoms with E-state index in [1.54, 1.807) is 12.2 Å². The zero-order valence-corrected chi connectivity index (χ0v) is 36.8. The Morgan fingerprint density at radius 1 is 0.485 bits per heavy atom. The van der Waals surface area contributed by atoms with Gasteiger partial charge in [-0.1, -0.05) is 25.0 Å². The number of fused-ring (bicyclic) bond motifs is 11. The molecule has 2 spiro atoms. The average molecular weight is 899 g/mol. The Hall–Kier alpha value is -7.48. The van der Waals surface area contributed by atoms with Gasteiger partial charge in [0.25, 0.3) is 0 Å². The van der Waals surface area contributed by atoms with Crippen molar-refractivity contribution in [1.29, 1.82) is 21.0 Å². The Morgan fingerprint density at radius 2 is 0.818 bits per heavy atom. The molecule has 12 heteroatoms. The number of benzene rings is 2. The third-order valence-electron chi connectivity index (χ3n) is 14.6. The van der Waals surface area contributed by atoms with Gasteiger partial charge in [0.15, 0.2) is 23.1 Å².